The summed E-state index contributed by atoms with van der Waals surface area (Å²) in [6, 6.07) is 24.3. The van der Waals surface area contributed by atoms with Crippen molar-refractivity contribution in [3.8, 4) is 16.9 Å². The molecule has 0 heterocycles. The molecule has 0 radical (unpaired) electrons. The molecule has 7 nitrogen and oxygen atoms in total. The van der Waals surface area contributed by atoms with Crippen molar-refractivity contribution < 1.29 is 23.1 Å². The minimum absolute atomic E-state index is 0.0111. The zero-order valence-corrected chi connectivity index (χ0v) is 27.5. The lowest BCUT2D eigenvalue weighted by Gasteiger charge is -2.35. The molecule has 3 aromatic rings. The van der Waals surface area contributed by atoms with Gasteiger partial charge in [0.05, 0.1) is 5.75 Å². The molecular weight excluding hydrogens is 584 g/mol. The maximum absolute atomic E-state index is 12.2. The number of rotatable bonds is 16. The van der Waals surface area contributed by atoms with Crippen molar-refractivity contribution in [3.05, 3.63) is 83.9 Å². The smallest absolute Gasteiger partial charge is 0.326 e. The summed E-state index contributed by atoms with van der Waals surface area (Å²) in [4.78, 5) is 14.8. The molecule has 2 fully saturated rings. The molecule has 0 spiro atoms. The third-order valence-corrected chi connectivity index (χ3v) is 10.3. The highest BCUT2D eigenvalue weighted by Crippen LogP contribution is 2.37. The van der Waals surface area contributed by atoms with Crippen LogP contribution in [0.3, 0.4) is 0 Å². The van der Waals surface area contributed by atoms with E-state index >= 15 is 0 Å². The van der Waals surface area contributed by atoms with E-state index in [1.54, 1.807) is 0 Å². The maximum Gasteiger partial charge on any atom is 0.326 e. The van der Waals surface area contributed by atoms with Gasteiger partial charge in [0.15, 0.2) is 0 Å². The number of ether oxygens (including phenoxy) is 1. The highest BCUT2D eigenvalue weighted by atomic mass is 32.2. The lowest BCUT2D eigenvalue weighted by molar-refractivity contribution is -0.137. The van der Waals surface area contributed by atoms with Gasteiger partial charge in [-0.3, -0.25) is 4.90 Å². The monoisotopic (exact) mass is 632 g/mol. The van der Waals surface area contributed by atoms with E-state index in [1.807, 2.05) is 48.5 Å². The fraction of sp³-hybridized carbons (Fsp3) is 0.486. The van der Waals surface area contributed by atoms with E-state index in [0.29, 0.717) is 24.4 Å². The molecule has 8 heteroatoms. The lowest BCUT2D eigenvalue weighted by Crippen LogP contribution is -2.42. The van der Waals surface area contributed by atoms with E-state index < -0.39 is 21.8 Å². The van der Waals surface area contributed by atoms with Gasteiger partial charge in [0.1, 0.15) is 28.2 Å². The Morgan fingerprint density at radius 2 is 1.67 bits per heavy atom. The Balaban J connectivity index is 1.43. The van der Waals surface area contributed by atoms with Gasteiger partial charge in [-0.2, -0.15) is 0 Å². The van der Waals surface area contributed by atoms with Crippen molar-refractivity contribution in [2.24, 2.45) is 5.92 Å². The van der Waals surface area contributed by atoms with Crippen LogP contribution in [0.15, 0.2) is 72.8 Å². The van der Waals surface area contributed by atoms with Gasteiger partial charge >= 0.3 is 5.97 Å². The number of benzene rings is 3. The van der Waals surface area contributed by atoms with Gasteiger partial charge < -0.3 is 15.2 Å². The first-order chi connectivity index (χ1) is 21.7. The second kappa shape index (κ2) is 15.3. The first kappa shape index (κ1) is 33.0. The fourth-order valence-electron chi connectivity index (χ4n) is 6.68. The number of aryl methyl sites for hydroxylation is 1. The molecule has 0 saturated heterocycles. The normalized spacial score (nSPS) is 17.1. The number of nitrogens with one attached hydrogen (secondary N) is 1. The zero-order valence-electron chi connectivity index (χ0n) is 26.7. The third-order valence-electron chi connectivity index (χ3n) is 9.29. The molecule has 0 bridgehead atoms. The Morgan fingerprint density at radius 3 is 2.33 bits per heavy atom. The third kappa shape index (κ3) is 9.81. The topological polar surface area (TPSA) is 95.9 Å². The number of carbonyl (C=O) groups is 1. The molecule has 242 valence electrons. The van der Waals surface area contributed by atoms with Crippen molar-refractivity contribution in [2.45, 2.75) is 89.4 Å². The number of para-hydroxylation sites is 1. The fourth-order valence-corrected chi connectivity index (χ4v) is 7.34. The second-order valence-corrected chi connectivity index (χ2v) is 15.3. The van der Waals surface area contributed by atoms with Crippen molar-refractivity contribution >= 4 is 21.5 Å². The predicted octanol–water partition coefficient (Wildman–Crippen LogP) is 7.34. The summed E-state index contributed by atoms with van der Waals surface area (Å²) in [5.41, 5.74) is 4.90. The number of carboxylic acid groups (broad SMARTS) is 1. The number of hydrogen-bond donors (Lipinski definition) is 2. The average molecular weight is 633 g/mol. The summed E-state index contributed by atoms with van der Waals surface area (Å²) < 4.78 is 30.0. The van der Waals surface area contributed by atoms with E-state index in [2.05, 4.69) is 41.4 Å². The summed E-state index contributed by atoms with van der Waals surface area (Å²) in [6.07, 6.45) is 11.2. The summed E-state index contributed by atoms with van der Waals surface area (Å²) in [6.45, 7) is 3.50. The Labute approximate surface area is 268 Å². The van der Waals surface area contributed by atoms with E-state index in [1.165, 1.54) is 50.5 Å². The Hall–Kier alpha value is -3.36. The lowest BCUT2D eigenvalue weighted by atomic mass is 9.84. The number of hydrogen-bond acceptors (Lipinski definition) is 6. The number of anilines is 1. The highest BCUT2D eigenvalue weighted by Gasteiger charge is 2.36. The van der Waals surface area contributed by atoms with Gasteiger partial charge in [0, 0.05) is 36.1 Å². The Bertz CT molecular complexity index is 1520. The van der Waals surface area contributed by atoms with Crippen molar-refractivity contribution in [3.63, 3.8) is 0 Å². The SMILES string of the molecule is Cc1ccccc1-c1cc(CN(C2CC2)C(COc2ccccc2)CC2CCCCC2)ccc1NC(CCS(C)(=O)=O)C(=O)O. The van der Waals surface area contributed by atoms with E-state index in [9.17, 15) is 18.3 Å². The van der Waals surface area contributed by atoms with Gasteiger partial charge in [-0.1, -0.05) is 80.6 Å². The molecule has 3 aromatic carbocycles. The summed E-state index contributed by atoms with van der Waals surface area (Å²) >= 11 is 0. The van der Waals surface area contributed by atoms with Crippen molar-refractivity contribution in [1.29, 1.82) is 0 Å². The predicted molar refractivity (Wildman–Crippen MR) is 181 cm³/mol. The Morgan fingerprint density at radius 1 is 0.956 bits per heavy atom. The standard InChI is InChI=1S/C37H48N2O5S/c1-27-11-9-10-16-33(27)34-24-29(17-20-35(34)38-36(37(40)41)21-22-45(2,42)43)25-39(30-18-19-30)31(23-28-12-5-3-6-13-28)26-44-32-14-7-4-8-15-32/h4,7-11,14-17,20,24,28,30-31,36,38H,3,5-6,12-13,18-19,21-23,25-26H2,1-2H3,(H,40,41). The zero-order chi connectivity index (χ0) is 31.8. The second-order valence-electron chi connectivity index (χ2n) is 13.1. The van der Waals surface area contributed by atoms with Crippen LogP contribution in [-0.2, 0) is 21.2 Å². The first-order valence-corrected chi connectivity index (χ1v) is 18.5. The molecule has 2 aliphatic carbocycles. The van der Waals surface area contributed by atoms with Crippen LogP contribution in [0.25, 0.3) is 11.1 Å². The van der Waals surface area contributed by atoms with Crippen LogP contribution in [0.5, 0.6) is 5.75 Å². The average Bonchev–Trinajstić information content (AvgIpc) is 3.87. The van der Waals surface area contributed by atoms with Crippen LogP contribution in [0.1, 0.15) is 68.9 Å². The van der Waals surface area contributed by atoms with Crippen molar-refractivity contribution in [2.75, 3.05) is 23.9 Å². The molecule has 0 amide bonds. The molecule has 2 atom stereocenters. The quantitative estimate of drug-likeness (QED) is 0.171. The summed E-state index contributed by atoms with van der Waals surface area (Å²) in [5.74, 6) is 0.363. The molecular formula is C37H48N2O5S. The summed E-state index contributed by atoms with van der Waals surface area (Å²) in [5, 5.41) is 13.1. The molecule has 2 aliphatic rings. The van der Waals surface area contributed by atoms with Crippen LogP contribution >= 0.6 is 0 Å². The largest absolute Gasteiger partial charge is 0.492 e. The van der Waals surface area contributed by atoms with Gasteiger partial charge in [0.25, 0.3) is 0 Å². The molecule has 5 rings (SSSR count). The number of nitrogens with zero attached hydrogens (tertiary/aromatic N) is 1. The van der Waals surface area contributed by atoms with Crippen LogP contribution < -0.4 is 10.1 Å². The van der Waals surface area contributed by atoms with Gasteiger partial charge in [-0.05, 0) is 79.5 Å². The number of sulfone groups is 1. The van der Waals surface area contributed by atoms with Crippen molar-refractivity contribution in [1.82, 2.24) is 4.90 Å². The van der Waals surface area contributed by atoms with Gasteiger partial charge in [-0.25, -0.2) is 13.2 Å². The first-order valence-electron chi connectivity index (χ1n) is 16.5. The van der Waals surface area contributed by atoms with Gasteiger partial charge in [0.2, 0.25) is 0 Å². The highest BCUT2D eigenvalue weighted by molar-refractivity contribution is 7.90. The van der Waals surface area contributed by atoms with E-state index in [-0.39, 0.29) is 12.2 Å². The van der Waals surface area contributed by atoms with Crippen LogP contribution in [0.2, 0.25) is 0 Å². The molecule has 2 N–H and O–H groups in total. The maximum atomic E-state index is 12.2. The minimum atomic E-state index is -3.30. The Kier molecular flexibility index (Phi) is 11.2. The van der Waals surface area contributed by atoms with Crippen LogP contribution in [0.4, 0.5) is 5.69 Å². The molecule has 0 aliphatic heterocycles. The van der Waals surface area contributed by atoms with Crippen LogP contribution in [0, 0.1) is 12.8 Å². The molecule has 45 heavy (non-hydrogen) atoms. The molecule has 2 saturated carbocycles. The van der Waals surface area contributed by atoms with E-state index in [4.69, 9.17) is 4.74 Å². The molecule has 0 aromatic heterocycles. The number of aliphatic carboxylic acids is 1. The van der Waals surface area contributed by atoms with Crippen LogP contribution in [-0.4, -0.2) is 61.1 Å². The molecule has 2 unspecified atom stereocenters. The van der Waals surface area contributed by atoms with Gasteiger partial charge in [-0.15, -0.1) is 0 Å². The minimum Gasteiger partial charge on any atom is -0.492 e. The van der Waals surface area contributed by atoms with E-state index in [0.717, 1.165) is 47.6 Å². The number of carboxylic acids is 1. The summed E-state index contributed by atoms with van der Waals surface area (Å²) in [7, 11) is -3.30.